The number of carbonyl (C=O) groups excluding carboxylic acids is 1. The molecule has 2 aromatic carbocycles. The van der Waals surface area contributed by atoms with Crippen molar-refractivity contribution in [3.05, 3.63) is 58.2 Å². The van der Waals surface area contributed by atoms with E-state index in [4.69, 9.17) is 5.11 Å². The Bertz CT molecular complexity index is 778. The third-order valence-electron chi connectivity index (χ3n) is 3.40. The van der Waals surface area contributed by atoms with Crippen LogP contribution in [0.3, 0.4) is 0 Å². The number of halogens is 3. The molecule has 0 fully saturated rings. The molecule has 7 heteroatoms. The van der Waals surface area contributed by atoms with Gasteiger partial charge in [-0.3, -0.25) is 9.59 Å². The smallest absolute Gasteiger partial charge is 0.307 e. The molecule has 0 aliphatic rings. The van der Waals surface area contributed by atoms with Crippen LogP contribution in [0.2, 0.25) is 0 Å². The third-order valence-corrected chi connectivity index (χ3v) is 6.35. The lowest BCUT2D eigenvalue weighted by Crippen LogP contribution is -2.30. The Balaban J connectivity index is 2.53. The summed E-state index contributed by atoms with van der Waals surface area (Å²) in [6.45, 7) is 1.99. The van der Waals surface area contributed by atoms with Crippen molar-refractivity contribution in [3.63, 3.8) is 0 Å². The van der Waals surface area contributed by atoms with Crippen molar-refractivity contribution in [2.45, 2.75) is 19.9 Å². The van der Waals surface area contributed by atoms with Crippen LogP contribution < -0.4 is 4.90 Å². The number of nitrogens with zero attached hydrogens (tertiary/aromatic N) is 1. The van der Waals surface area contributed by atoms with E-state index in [1.54, 1.807) is 4.90 Å². The minimum atomic E-state index is -0.879. The van der Waals surface area contributed by atoms with Gasteiger partial charge in [0.15, 0.2) is 0 Å². The van der Waals surface area contributed by atoms with Crippen molar-refractivity contribution in [1.82, 2.24) is 0 Å². The molecule has 0 heterocycles. The Hall–Kier alpha value is -0.430. The maximum atomic E-state index is 12.3. The number of carboxylic acid groups (broad SMARTS) is 1. The van der Waals surface area contributed by atoms with Crippen LogP contribution in [0, 0.1) is 10.7 Å². The summed E-state index contributed by atoms with van der Waals surface area (Å²) in [5, 5.41) is 9.17. The van der Waals surface area contributed by atoms with Crippen LogP contribution in [0.25, 0.3) is 0 Å². The number of amides is 1. The molecule has 0 atom stereocenters. The van der Waals surface area contributed by atoms with E-state index in [1.807, 2.05) is 36.4 Å². The number of carbonyl (C=O) groups is 2. The number of hydrogen-bond donors (Lipinski definition) is 1. The van der Waals surface area contributed by atoms with Crippen LogP contribution in [-0.4, -0.2) is 17.0 Å². The zero-order valence-corrected chi connectivity index (χ0v) is 19.2. The standard InChI is InChI=1S/C17H14I3NO3/c1-10(22)21(9-11-5-3-2-4-6-11)17-14(19)8-13(18)12(16(17)20)7-15(23)24/h2-6,8H,7,9H2,1H3,(H,23,24). The molecule has 0 bridgehead atoms. The maximum Gasteiger partial charge on any atom is 0.307 e. The number of aliphatic carboxylic acids is 1. The highest BCUT2D eigenvalue weighted by atomic mass is 127. The van der Waals surface area contributed by atoms with Gasteiger partial charge in [0.2, 0.25) is 5.91 Å². The van der Waals surface area contributed by atoms with Crippen molar-refractivity contribution in [2.24, 2.45) is 0 Å². The van der Waals surface area contributed by atoms with Gasteiger partial charge in [0, 0.05) is 17.6 Å². The van der Waals surface area contributed by atoms with Crippen molar-refractivity contribution in [3.8, 4) is 0 Å². The summed E-state index contributed by atoms with van der Waals surface area (Å²) in [6.07, 6.45) is -0.0580. The molecule has 2 rings (SSSR count). The predicted octanol–water partition coefficient (Wildman–Crippen LogP) is 4.68. The molecule has 126 valence electrons. The molecule has 1 N–H and O–H groups in total. The predicted molar refractivity (Wildman–Crippen MR) is 119 cm³/mol. The van der Waals surface area contributed by atoms with E-state index in [0.717, 1.165) is 27.5 Å². The van der Waals surface area contributed by atoms with Gasteiger partial charge in [-0.1, -0.05) is 30.3 Å². The molecule has 0 aromatic heterocycles. The van der Waals surface area contributed by atoms with Crippen LogP contribution in [0.5, 0.6) is 0 Å². The van der Waals surface area contributed by atoms with Crippen LogP contribution in [0.1, 0.15) is 18.1 Å². The van der Waals surface area contributed by atoms with Gasteiger partial charge in [-0.15, -0.1) is 0 Å². The third kappa shape index (κ3) is 4.81. The summed E-state index contributed by atoms with van der Waals surface area (Å²) in [4.78, 5) is 25.2. The molecule has 2 aromatic rings. The SMILES string of the molecule is CC(=O)N(Cc1ccccc1)c1c(I)cc(I)c(CC(=O)O)c1I. The van der Waals surface area contributed by atoms with Crippen molar-refractivity contribution >= 4 is 85.3 Å². The maximum absolute atomic E-state index is 12.3. The summed E-state index contributed by atoms with van der Waals surface area (Å²) >= 11 is 6.50. The molecule has 0 aliphatic heterocycles. The van der Waals surface area contributed by atoms with E-state index >= 15 is 0 Å². The van der Waals surface area contributed by atoms with Gasteiger partial charge in [-0.25, -0.2) is 0 Å². The molecule has 0 unspecified atom stereocenters. The van der Waals surface area contributed by atoms with Crippen LogP contribution in [0.15, 0.2) is 36.4 Å². The van der Waals surface area contributed by atoms with E-state index in [0.29, 0.717) is 6.54 Å². The van der Waals surface area contributed by atoms with Crippen molar-refractivity contribution in [2.75, 3.05) is 4.90 Å². The fourth-order valence-corrected chi connectivity index (χ4v) is 6.63. The number of carboxylic acids is 1. The van der Waals surface area contributed by atoms with Gasteiger partial charge in [0.1, 0.15) is 0 Å². The minimum absolute atomic E-state index is 0.0580. The minimum Gasteiger partial charge on any atom is -0.481 e. The Labute approximate surface area is 181 Å². The number of hydrogen-bond acceptors (Lipinski definition) is 2. The Kier molecular flexibility index (Phi) is 7.28. The second-order valence-electron chi connectivity index (χ2n) is 5.14. The molecule has 0 saturated carbocycles. The van der Waals surface area contributed by atoms with E-state index in [-0.39, 0.29) is 12.3 Å². The molecule has 24 heavy (non-hydrogen) atoms. The van der Waals surface area contributed by atoms with Gasteiger partial charge < -0.3 is 10.0 Å². The van der Waals surface area contributed by atoms with Gasteiger partial charge in [-0.2, -0.15) is 0 Å². The fraction of sp³-hybridized carbons (Fsp3) is 0.176. The summed E-state index contributed by atoms with van der Waals surface area (Å²) in [5.41, 5.74) is 2.56. The molecule has 0 saturated heterocycles. The molecule has 0 radical (unpaired) electrons. The normalized spacial score (nSPS) is 10.5. The number of benzene rings is 2. The summed E-state index contributed by atoms with van der Waals surface area (Å²) in [5.74, 6) is -0.951. The second-order valence-corrected chi connectivity index (χ2v) is 8.55. The Morgan fingerprint density at radius 2 is 1.71 bits per heavy atom. The van der Waals surface area contributed by atoms with Crippen molar-refractivity contribution < 1.29 is 14.7 Å². The first-order valence-electron chi connectivity index (χ1n) is 7.01. The zero-order valence-electron chi connectivity index (χ0n) is 12.7. The summed E-state index contributed by atoms with van der Waals surface area (Å²) in [6, 6.07) is 11.7. The first-order valence-corrected chi connectivity index (χ1v) is 10.2. The van der Waals surface area contributed by atoms with Crippen molar-refractivity contribution in [1.29, 1.82) is 0 Å². The molecule has 0 spiro atoms. The van der Waals surface area contributed by atoms with Gasteiger partial charge >= 0.3 is 5.97 Å². The molecule has 4 nitrogen and oxygen atoms in total. The summed E-state index contributed by atoms with van der Waals surface area (Å²) < 4.78 is 2.65. The van der Waals surface area contributed by atoms with Gasteiger partial charge in [0.05, 0.1) is 18.7 Å². The quantitative estimate of drug-likeness (QED) is 0.474. The van der Waals surface area contributed by atoms with Gasteiger partial charge in [0.25, 0.3) is 0 Å². The molecular weight excluding hydrogens is 647 g/mol. The van der Waals surface area contributed by atoms with E-state index in [2.05, 4.69) is 67.8 Å². The average molecular weight is 661 g/mol. The number of anilines is 1. The Morgan fingerprint density at radius 3 is 2.25 bits per heavy atom. The van der Waals surface area contributed by atoms with Crippen LogP contribution in [0.4, 0.5) is 5.69 Å². The highest BCUT2D eigenvalue weighted by molar-refractivity contribution is 14.1. The molecule has 0 aliphatic carbocycles. The topological polar surface area (TPSA) is 57.6 Å². The molecular formula is C17H14I3NO3. The van der Waals surface area contributed by atoms with Crippen LogP contribution in [-0.2, 0) is 22.6 Å². The first kappa shape index (κ1) is 19.9. The second kappa shape index (κ2) is 8.79. The average Bonchev–Trinajstić information content (AvgIpc) is 2.51. The lowest BCUT2D eigenvalue weighted by atomic mass is 10.1. The lowest BCUT2D eigenvalue weighted by molar-refractivity contribution is -0.136. The first-order chi connectivity index (χ1) is 11.3. The zero-order chi connectivity index (χ0) is 17.9. The van der Waals surface area contributed by atoms with E-state index in [9.17, 15) is 9.59 Å². The monoisotopic (exact) mass is 661 g/mol. The lowest BCUT2D eigenvalue weighted by Gasteiger charge is -2.26. The van der Waals surface area contributed by atoms with Crippen LogP contribution >= 0.6 is 67.8 Å². The largest absolute Gasteiger partial charge is 0.481 e. The number of rotatable bonds is 5. The highest BCUT2D eigenvalue weighted by Gasteiger charge is 2.23. The molecule has 1 amide bonds. The van der Waals surface area contributed by atoms with E-state index in [1.165, 1.54) is 6.92 Å². The van der Waals surface area contributed by atoms with Gasteiger partial charge in [-0.05, 0) is 85.0 Å². The van der Waals surface area contributed by atoms with E-state index < -0.39 is 5.97 Å². The summed E-state index contributed by atoms with van der Waals surface area (Å²) in [7, 11) is 0. The Morgan fingerprint density at radius 1 is 1.08 bits per heavy atom. The highest BCUT2D eigenvalue weighted by Crippen LogP contribution is 2.35. The fourth-order valence-electron chi connectivity index (χ4n) is 2.29.